The third-order valence-corrected chi connectivity index (χ3v) is 3.50. The standard InChI is InChI=1S/C10H7BrO2S/c1-13-10-7-3-2-6(11)4-8(7)14-9(10)5-12/h2-5H,1H3. The van der Waals surface area contributed by atoms with Crippen LogP contribution in [0, 0.1) is 0 Å². The van der Waals surface area contributed by atoms with Gasteiger partial charge in [0.25, 0.3) is 0 Å². The Morgan fingerprint density at radius 2 is 2.29 bits per heavy atom. The molecule has 0 aliphatic carbocycles. The molecule has 14 heavy (non-hydrogen) atoms. The summed E-state index contributed by atoms with van der Waals surface area (Å²) in [5.41, 5.74) is 0. The first-order valence-corrected chi connectivity index (χ1v) is 5.58. The Balaban J connectivity index is 2.79. The second kappa shape index (κ2) is 3.71. The van der Waals surface area contributed by atoms with E-state index in [0.29, 0.717) is 10.6 Å². The monoisotopic (exact) mass is 270 g/mol. The summed E-state index contributed by atoms with van der Waals surface area (Å²) < 4.78 is 7.25. The molecule has 0 saturated heterocycles. The molecule has 2 aromatic rings. The van der Waals surface area contributed by atoms with Crippen LogP contribution in [0.1, 0.15) is 9.67 Å². The maximum atomic E-state index is 10.8. The average molecular weight is 271 g/mol. The summed E-state index contributed by atoms with van der Waals surface area (Å²) in [6.45, 7) is 0. The highest BCUT2D eigenvalue weighted by molar-refractivity contribution is 9.10. The van der Waals surface area contributed by atoms with Crippen LogP contribution in [0.15, 0.2) is 22.7 Å². The predicted octanol–water partition coefficient (Wildman–Crippen LogP) is 3.48. The van der Waals surface area contributed by atoms with Crippen LogP contribution in [0.3, 0.4) is 0 Å². The zero-order valence-electron chi connectivity index (χ0n) is 7.41. The van der Waals surface area contributed by atoms with E-state index in [-0.39, 0.29) is 0 Å². The molecule has 0 unspecified atom stereocenters. The maximum absolute atomic E-state index is 10.8. The van der Waals surface area contributed by atoms with Crippen molar-refractivity contribution in [2.24, 2.45) is 0 Å². The lowest BCUT2D eigenvalue weighted by molar-refractivity contribution is 0.112. The van der Waals surface area contributed by atoms with Gasteiger partial charge in [0.15, 0.2) is 6.29 Å². The number of methoxy groups -OCH3 is 1. The van der Waals surface area contributed by atoms with Gasteiger partial charge in [0.1, 0.15) is 10.6 Å². The van der Waals surface area contributed by atoms with Crippen LogP contribution in [-0.2, 0) is 0 Å². The van der Waals surface area contributed by atoms with Gasteiger partial charge in [-0.05, 0) is 18.2 Å². The van der Waals surface area contributed by atoms with E-state index >= 15 is 0 Å². The molecule has 0 bridgehead atoms. The van der Waals surface area contributed by atoms with Crippen LogP contribution < -0.4 is 4.74 Å². The van der Waals surface area contributed by atoms with Crippen molar-refractivity contribution < 1.29 is 9.53 Å². The highest BCUT2D eigenvalue weighted by Gasteiger charge is 2.11. The molecule has 72 valence electrons. The van der Waals surface area contributed by atoms with Crippen LogP contribution >= 0.6 is 27.3 Å². The SMILES string of the molecule is COc1c(C=O)sc2cc(Br)ccc12. The van der Waals surface area contributed by atoms with E-state index in [9.17, 15) is 4.79 Å². The van der Waals surface area contributed by atoms with Gasteiger partial charge in [-0.15, -0.1) is 11.3 Å². The lowest BCUT2D eigenvalue weighted by Gasteiger charge is -1.97. The fourth-order valence-electron chi connectivity index (χ4n) is 1.35. The second-order valence-electron chi connectivity index (χ2n) is 2.76. The molecule has 0 spiro atoms. The summed E-state index contributed by atoms with van der Waals surface area (Å²) in [6, 6.07) is 5.86. The van der Waals surface area contributed by atoms with Gasteiger partial charge in [0.2, 0.25) is 0 Å². The van der Waals surface area contributed by atoms with Crippen molar-refractivity contribution in [3.8, 4) is 5.75 Å². The Kier molecular flexibility index (Phi) is 2.56. The van der Waals surface area contributed by atoms with E-state index in [4.69, 9.17) is 4.74 Å². The smallest absolute Gasteiger partial charge is 0.163 e. The van der Waals surface area contributed by atoms with Crippen molar-refractivity contribution >= 4 is 43.6 Å². The summed E-state index contributed by atoms with van der Waals surface area (Å²) in [5, 5.41) is 0.989. The van der Waals surface area contributed by atoms with Crippen LogP contribution in [0.4, 0.5) is 0 Å². The highest BCUT2D eigenvalue weighted by atomic mass is 79.9. The normalized spacial score (nSPS) is 10.4. The number of rotatable bonds is 2. The largest absolute Gasteiger partial charge is 0.494 e. The van der Waals surface area contributed by atoms with Gasteiger partial charge >= 0.3 is 0 Å². The molecule has 1 aromatic heterocycles. The number of hydrogen-bond acceptors (Lipinski definition) is 3. The predicted molar refractivity (Wildman–Crippen MR) is 61.5 cm³/mol. The van der Waals surface area contributed by atoms with Gasteiger partial charge in [0, 0.05) is 14.6 Å². The molecule has 0 N–H and O–H groups in total. The van der Waals surface area contributed by atoms with Crippen molar-refractivity contribution in [2.45, 2.75) is 0 Å². The Hall–Kier alpha value is -0.870. The quantitative estimate of drug-likeness (QED) is 0.781. The molecule has 0 amide bonds. The lowest BCUT2D eigenvalue weighted by atomic mass is 10.2. The number of aldehydes is 1. The number of benzene rings is 1. The molecule has 2 nitrogen and oxygen atoms in total. The van der Waals surface area contributed by atoms with Gasteiger partial charge in [-0.1, -0.05) is 15.9 Å². The number of ether oxygens (including phenoxy) is 1. The molecule has 2 rings (SSSR count). The van der Waals surface area contributed by atoms with Gasteiger partial charge in [-0.25, -0.2) is 0 Å². The Bertz CT molecular complexity index is 490. The van der Waals surface area contributed by atoms with E-state index < -0.39 is 0 Å². The van der Waals surface area contributed by atoms with Crippen molar-refractivity contribution in [2.75, 3.05) is 7.11 Å². The summed E-state index contributed by atoms with van der Waals surface area (Å²) >= 11 is 4.83. The number of halogens is 1. The zero-order valence-corrected chi connectivity index (χ0v) is 9.81. The molecular formula is C10H7BrO2S. The molecule has 1 heterocycles. The number of thiophene rings is 1. The van der Waals surface area contributed by atoms with Crippen molar-refractivity contribution in [3.05, 3.63) is 27.5 Å². The van der Waals surface area contributed by atoms with Crippen molar-refractivity contribution in [1.82, 2.24) is 0 Å². The number of fused-ring (bicyclic) bond motifs is 1. The fourth-order valence-corrected chi connectivity index (χ4v) is 2.89. The lowest BCUT2D eigenvalue weighted by Crippen LogP contribution is -1.84. The Morgan fingerprint density at radius 1 is 1.50 bits per heavy atom. The molecular weight excluding hydrogens is 264 g/mol. The van der Waals surface area contributed by atoms with E-state index in [1.54, 1.807) is 7.11 Å². The maximum Gasteiger partial charge on any atom is 0.163 e. The summed E-state index contributed by atoms with van der Waals surface area (Å²) in [6.07, 6.45) is 0.831. The third kappa shape index (κ3) is 1.44. The van der Waals surface area contributed by atoms with Crippen LogP contribution in [0.2, 0.25) is 0 Å². The van der Waals surface area contributed by atoms with E-state index in [2.05, 4.69) is 15.9 Å². The first kappa shape index (κ1) is 9.68. The topological polar surface area (TPSA) is 26.3 Å². The first-order chi connectivity index (χ1) is 6.76. The van der Waals surface area contributed by atoms with E-state index in [1.165, 1.54) is 11.3 Å². The molecule has 0 fully saturated rings. The highest BCUT2D eigenvalue weighted by Crippen LogP contribution is 2.37. The molecule has 1 aromatic carbocycles. The van der Waals surface area contributed by atoms with E-state index in [0.717, 1.165) is 20.8 Å². The Morgan fingerprint density at radius 3 is 2.93 bits per heavy atom. The molecule has 4 heteroatoms. The molecule has 0 atom stereocenters. The van der Waals surface area contributed by atoms with Crippen molar-refractivity contribution in [1.29, 1.82) is 0 Å². The minimum atomic E-state index is 0.639. The fraction of sp³-hybridized carbons (Fsp3) is 0.100. The minimum Gasteiger partial charge on any atom is -0.494 e. The van der Waals surface area contributed by atoms with Gasteiger partial charge < -0.3 is 4.74 Å². The molecule has 0 radical (unpaired) electrons. The van der Waals surface area contributed by atoms with Gasteiger partial charge in [0.05, 0.1) is 7.11 Å². The zero-order chi connectivity index (χ0) is 10.1. The molecule has 0 saturated carbocycles. The van der Waals surface area contributed by atoms with E-state index in [1.807, 2.05) is 18.2 Å². The second-order valence-corrected chi connectivity index (χ2v) is 4.76. The summed E-state index contributed by atoms with van der Waals surface area (Å²) in [5.74, 6) is 0.674. The third-order valence-electron chi connectivity index (χ3n) is 1.94. The average Bonchev–Trinajstić information content (AvgIpc) is 2.54. The minimum absolute atomic E-state index is 0.639. The van der Waals surface area contributed by atoms with Gasteiger partial charge in [-0.3, -0.25) is 4.79 Å². The molecule has 0 aliphatic heterocycles. The summed E-state index contributed by atoms with van der Waals surface area (Å²) in [7, 11) is 1.58. The number of carbonyl (C=O) groups excluding carboxylic acids is 1. The van der Waals surface area contributed by atoms with Gasteiger partial charge in [-0.2, -0.15) is 0 Å². The first-order valence-electron chi connectivity index (χ1n) is 3.97. The number of hydrogen-bond donors (Lipinski definition) is 0. The van der Waals surface area contributed by atoms with Crippen molar-refractivity contribution in [3.63, 3.8) is 0 Å². The van der Waals surface area contributed by atoms with Crippen LogP contribution in [-0.4, -0.2) is 13.4 Å². The van der Waals surface area contributed by atoms with Crippen LogP contribution in [0.25, 0.3) is 10.1 Å². The number of carbonyl (C=O) groups is 1. The Labute approximate surface area is 93.6 Å². The summed E-state index contributed by atoms with van der Waals surface area (Å²) in [4.78, 5) is 11.4. The molecule has 0 aliphatic rings. The van der Waals surface area contributed by atoms with Crippen LogP contribution in [0.5, 0.6) is 5.75 Å².